The summed E-state index contributed by atoms with van der Waals surface area (Å²) in [5.74, 6) is -0.821. The number of carbonyl (C=O) groups excluding carboxylic acids is 2. The Morgan fingerprint density at radius 1 is 1.17 bits per heavy atom. The van der Waals surface area contributed by atoms with Crippen LogP contribution in [0.4, 0.5) is 0 Å². The van der Waals surface area contributed by atoms with E-state index in [0.29, 0.717) is 6.54 Å². The number of morpholine rings is 1. The third-order valence-corrected chi connectivity index (χ3v) is 4.53. The highest BCUT2D eigenvalue weighted by molar-refractivity contribution is 5.88. The van der Waals surface area contributed by atoms with Gasteiger partial charge >= 0.3 is 0 Å². The van der Waals surface area contributed by atoms with Gasteiger partial charge < -0.3 is 15.4 Å². The molecule has 0 radical (unpaired) electrons. The van der Waals surface area contributed by atoms with E-state index in [9.17, 15) is 9.59 Å². The first kappa shape index (κ1) is 16.5. The zero-order chi connectivity index (χ0) is 17.3. The van der Waals surface area contributed by atoms with E-state index >= 15 is 0 Å². The molecule has 0 spiro atoms. The highest BCUT2D eigenvalue weighted by atomic mass is 16.5. The Morgan fingerprint density at radius 2 is 1.88 bits per heavy atom. The topological polar surface area (TPSA) is 72.6 Å². The Labute approximate surface area is 141 Å². The lowest BCUT2D eigenvalue weighted by Gasteiger charge is -2.36. The first-order valence-corrected chi connectivity index (χ1v) is 8.18. The lowest BCUT2D eigenvalue weighted by Crippen LogP contribution is -2.54. The van der Waals surface area contributed by atoms with Gasteiger partial charge in [0, 0.05) is 6.54 Å². The fourth-order valence-corrected chi connectivity index (χ4v) is 3.18. The Bertz CT molecular complexity index is 774. The third kappa shape index (κ3) is 3.26. The number of fused-ring (bicyclic) bond motifs is 1. The lowest BCUT2D eigenvalue weighted by molar-refractivity contribution is -0.153. The van der Waals surface area contributed by atoms with Crippen LogP contribution in [0.15, 0.2) is 42.5 Å². The third-order valence-electron chi connectivity index (χ3n) is 4.53. The normalized spacial score (nSPS) is 22.3. The summed E-state index contributed by atoms with van der Waals surface area (Å²) in [5.41, 5.74) is 6.31. The number of benzene rings is 2. The number of hydrogen-bond donors (Lipinski definition) is 1. The van der Waals surface area contributed by atoms with Crippen molar-refractivity contribution in [3.8, 4) is 0 Å². The van der Waals surface area contributed by atoms with Crippen molar-refractivity contribution in [3.05, 3.63) is 48.0 Å². The maximum absolute atomic E-state index is 12.9. The standard InChI is InChI=1S/C19H22N2O3/c1-12-10-21(11-17(24-12)18(20)22)19(23)13(2)15-8-7-14-5-3-4-6-16(14)9-15/h3-9,12-13,17H,10-11H2,1-2H3,(H2,20,22). The largest absolute Gasteiger partial charge is 0.367 e. The molecule has 5 heteroatoms. The molecule has 3 unspecified atom stereocenters. The van der Waals surface area contributed by atoms with Gasteiger partial charge in [-0.1, -0.05) is 42.5 Å². The molecule has 2 aromatic rings. The van der Waals surface area contributed by atoms with Gasteiger partial charge in [0.05, 0.1) is 18.6 Å². The molecule has 1 aliphatic heterocycles. The molecule has 2 N–H and O–H groups in total. The summed E-state index contributed by atoms with van der Waals surface area (Å²) in [6.45, 7) is 4.43. The first-order chi connectivity index (χ1) is 11.5. The minimum Gasteiger partial charge on any atom is -0.367 e. The summed E-state index contributed by atoms with van der Waals surface area (Å²) in [4.78, 5) is 26.0. The number of primary amides is 1. The molecule has 0 bridgehead atoms. The van der Waals surface area contributed by atoms with E-state index in [-0.39, 0.29) is 24.5 Å². The number of nitrogens with two attached hydrogens (primary N) is 1. The first-order valence-electron chi connectivity index (χ1n) is 8.18. The monoisotopic (exact) mass is 326 g/mol. The van der Waals surface area contributed by atoms with E-state index in [4.69, 9.17) is 10.5 Å². The highest BCUT2D eigenvalue weighted by Crippen LogP contribution is 2.24. The van der Waals surface area contributed by atoms with Gasteiger partial charge in [-0.05, 0) is 30.2 Å². The van der Waals surface area contributed by atoms with Crippen LogP contribution in [-0.2, 0) is 14.3 Å². The fourth-order valence-electron chi connectivity index (χ4n) is 3.18. The number of nitrogens with zero attached hydrogens (tertiary/aromatic N) is 1. The van der Waals surface area contributed by atoms with Crippen LogP contribution >= 0.6 is 0 Å². The maximum atomic E-state index is 12.9. The molecule has 24 heavy (non-hydrogen) atoms. The van der Waals surface area contributed by atoms with E-state index in [0.717, 1.165) is 16.3 Å². The zero-order valence-corrected chi connectivity index (χ0v) is 13.9. The van der Waals surface area contributed by atoms with Crippen LogP contribution in [0.3, 0.4) is 0 Å². The van der Waals surface area contributed by atoms with Gasteiger partial charge in [-0.3, -0.25) is 9.59 Å². The Hall–Kier alpha value is -2.40. The van der Waals surface area contributed by atoms with Gasteiger partial charge in [0.25, 0.3) is 0 Å². The number of carbonyl (C=O) groups is 2. The van der Waals surface area contributed by atoms with Crippen molar-refractivity contribution >= 4 is 22.6 Å². The minimum atomic E-state index is -0.735. The molecule has 0 aromatic heterocycles. The number of hydrogen-bond acceptors (Lipinski definition) is 3. The van der Waals surface area contributed by atoms with Crippen LogP contribution in [0.25, 0.3) is 10.8 Å². The van der Waals surface area contributed by atoms with Crippen LogP contribution in [0.1, 0.15) is 25.3 Å². The van der Waals surface area contributed by atoms with E-state index < -0.39 is 12.0 Å². The van der Waals surface area contributed by atoms with Gasteiger partial charge in [-0.2, -0.15) is 0 Å². The molecule has 3 rings (SSSR count). The van der Waals surface area contributed by atoms with Crippen LogP contribution in [-0.4, -0.2) is 42.0 Å². The van der Waals surface area contributed by atoms with Gasteiger partial charge in [-0.25, -0.2) is 0 Å². The lowest BCUT2D eigenvalue weighted by atomic mass is 9.96. The fraction of sp³-hybridized carbons (Fsp3) is 0.368. The summed E-state index contributed by atoms with van der Waals surface area (Å²) < 4.78 is 5.50. The second-order valence-corrected chi connectivity index (χ2v) is 6.41. The molecule has 1 aliphatic rings. The summed E-state index contributed by atoms with van der Waals surface area (Å²) in [7, 11) is 0. The maximum Gasteiger partial charge on any atom is 0.248 e. The molecule has 1 fully saturated rings. The van der Waals surface area contributed by atoms with Gasteiger partial charge in [-0.15, -0.1) is 0 Å². The zero-order valence-electron chi connectivity index (χ0n) is 13.9. The molecule has 3 atom stereocenters. The smallest absolute Gasteiger partial charge is 0.248 e. The van der Waals surface area contributed by atoms with Crippen molar-refractivity contribution in [2.45, 2.75) is 32.0 Å². The number of amides is 2. The average molecular weight is 326 g/mol. The summed E-state index contributed by atoms with van der Waals surface area (Å²) >= 11 is 0. The van der Waals surface area contributed by atoms with E-state index in [1.54, 1.807) is 4.90 Å². The molecule has 0 saturated carbocycles. The molecule has 2 amide bonds. The highest BCUT2D eigenvalue weighted by Gasteiger charge is 2.33. The molecule has 5 nitrogen and oxygen atoms in total. The van der Waals surface area contributed by atoms with Crippen LogP contribution < -0.4 is 5.73 Å². The van der Waals surface area contributed by atoms with Gasteiger partial charge in [0.2, 0.25) is 11.8 Å². The van der Waals surface area contributed by atoms with Crippen LogP contribution in [0.5, 0.6) is 0 Å². The van der Waals surface area contributed by atoms with Crippen LogP contribution in [0.2, 0.25) is 0 Å². The molecule has 0 aliphatic carbocycles. The Kier molecular flexibility index (Phi) is 4.53. The second kappa shape index (κ2) is 6.61. The van der Waals surface area contributed by atoms with E-state index in [2.05, 4.69) is 0 Å². The van der Waals surface area contributed by atoms with E-state index in [1.807, 2.05) is 56.3 Å². The average Bonchev–Trinajstić information content (AvgIpc) is 2.59. The van der Waals surface area contributed by atoms with Crippen molar-refractivity contribution in [2.24, 2.45) is 5.73 Å². The molecule has 1 saturated heterocycles. The second-order valence-electron chi connectivity index (χ2n) is 6.41. The SMILES string of the molecule is CC1CN(C(=O)C(C)c2ccc3ccccc3c2)CC(C(N)=O)O1. The van der Waals surface area contributed by atoms with Crippen molar-refractivity contribution in [2.75, 3.05) is 13.1 Å². The quantitative estimate of drug-likeness (QED) is 0.938. The number of rotatable bonds is 3. The van der Waals surface area contributed by atoms with Crippen molar-refractivity contribution in [1.29, 1.82) is 0 Å². The summed E-state index contributed by atoms with van der Waals surface area (Å²) in [5, 5.41) is 2.26. The van der Waals surface area contributed by atoms with Gasteiger partial charge in [0.1, 0.15) is 0 Å². The van der Waals surface area contributed by atoms with Gasteiger partial charge in [0.15, 0.2) is 6.10 Å². The minimum absolute atomic E-state index is 0.00770. The molecule has 1 heterocycles. The Balaban J connectivity index is 1.81. The molecular weight excluding hydrogens is 304 g/mol. The van der Waals surface area contributed by atoms with E-state index in [1.165, 1.54) is 0 Å². The summed E-state index contributed by atoms with van der Waals surface area (Å²) in [6.07, 6.45) is -0.939. The predicted octanol–water partition coefficient (Wildman–Crippen LogP) is 2.04. The van der Waals surface area contributed by atoms with Crippen LogP contribution in [0, 0.1) is 0 Å². The molecular formula is C19H22N2O3. The Morgan fingerprint density at radius 3 is 2.58 bits per heavy atom. The number of ether oxygens (including phenoxy) is 1. The van der Waals surface area contributed by atoms with Crippen molar-refractivity contribution in [3.63, 3.8) is 0 Å². The van der Waals surface area contributed by atoms with Crippen molar-refractivity contribution in [1.82, 2.24) is 4.90 Å². The predicted molar refractivity (Wildman–Crippen MR) is 92.5 cm³/mol. The molecule has 126 valence electrons. The molecule has 2 aromatic carbocycles. The summed E-state index contributed by atoms with van der Waals surface area (Å²) in [6, 6.07) is 14.1. The van der Waals surface area contributed by atoms with Crippen molar-refractivity contribution < 1.29 is 14.3 Å².